The average molecular weight is 620 g/mol. The summed E-state index contributed by atoms with van der Waals surface area (Å²) in [6, 6.07) is 35.4. The molecule has 6 rings (SSSR count). The third-order valence-electron chi connectivity index (χ3n) is 9.31. The van der Waals surface area contributed by atoms with E-state index in [1.54, 1.807) is 0 Å². The van der Waals surface area contributed by atoms with Crippen LogP contribution in [-0.4, -0.2) is 59.6 Å². The summed E-state index contributed by atoms with van der Waals surface area (Å²) in [6.45, 7) is 10.2. The minimum Gasteiger partial charge on any atom is -0.392 e. The summed E-state index contributed by atoms with van der Waals surface area (Å²) in [5.74, 6) is 0.0913. The molecule has 4 aromatic rings. The predicted octanol–water partition coefficient (Wildman–Crippen LogP) is 6.09. The third-order valence-corrected chi connectivity index (χ3v) is 9.31. The van der Waals surface area contributed by atoms with Gasteiger partial charge < -0.3 is 19.9 Å². The van der Waals surface area contributed by atoms with Gasteiger partial charge in [0, 0.05) is 64.2 Å². The number of hydrogen-bond acceptors (Lipinski definition) is 6. The summed E-state index contributed by atoms with van der Waals surface area (Å²) in [6.07, 6.45) is -0.666. The second kappa shape index (κ2) is 15.2. The lowest BCUT2D eigenvalue weighted by Crippen LogP contribution is -2.51. The highest BCUT2D eigenvalue weighted by atomic mass is 16.7. The second-order valence-electron chi connectivity index (χ2n) is 12.6. The van der Waals surface area contributed by atoms with E-state index < -0.39 is 6.29 Å². The Kier molecular flexibility index (Phi) is 10.6. The first kappa shape index (κ1) is 32.1. The maximum atomic E-state index is 11.5. The van der Waals surface area contributed by atoms with E-state index in [-0.39, 0.29) is 30.6 Å². The molecular formula is C39H45N3O4. The molecule has 2 aliphatic rings. The van der Waals surface area contributed by atoms with Crippen LogP contribution in [0.15, 0.2) is 103 Å². The maximum absolute atomic E-state index is 11.5. The van der Waals surface area contributed by atoms with E-state index in [2.05, 4.69) is 94.8 Å². The molecule has 2 saturated heterocycles. The lowest BCUT2D eigenvalue weighted by atomic mass is 9.89. The lowest BCUT2D eigenvalue weighted by molar-refractivity contribution is -0.276. The zero-order valence-electron chi connectivity index (χ0n) is 26.8. The van der Waals surface area contributed by atoms with Crippen LogP contribution in [0.2, 0.25) is 0 Å². The number of nitrogens with one attached hydrogen (secondary N) is 1. The summed E-state index contributed by atoms with van der Waals surface area (Å²) < 4.78 is 13.5. The Hall–Kier alpha value is -3.85. The number of hydrogen-bond donors (Lipinski definition) is 2. The van der Waals surface area contributed by atoms with Gasteiger partial charge in [0.25, 0.3) is 0 Å². The first-order chi connectivity index (χ1) is 22.5. The van der Waals surface area contributed by atoms with Gasteiger partial charge in [-0.15, -0.1) is 0 Å². The summed E-state index contributed by atoms with van der Waals surface area (Å²) in [5, 5.41) is 12.5. The van der Waals surface area contributed by atoms with E-state index in [1.165, 1.54) is 12.5 Å². The van der Waals surface area contributed by atoms with Crippen LogP contribution in [-0.2, 0) is 34.0 Å². The Balaban J connectivity index is 1.18. The number of nitrogens with zero attached hydrogens (tertiary/aromatic N) is 2. The molecule has 2 heterocycles. The number of amides is 1. The first-order valence-electron chi connectivity index (χ1n) is 16.4. The number of carbonyl (C=O) groups is 1. The predicted molar refractivity (Wildman–Crippen MR) is 181 cm³/mol. The molecular weight excluding hydrogens is 574 g/mol. The Morgan fingerprint density at radius 3 is 2.13 bits per heavy atom. The zero-order valence-corrected chi connectivity index (χ0v) is 26.8. The van der Waals surface area contributed by atoms with E-state index in [9.17, 15) is 9.90 Å². The van der Waals surface area contributed by atoms with Crippen molar-refractivity contribution in [2.75, 3.05) is 32.7 Å². The molecule has 4 atom stereocenters. The van der Waals surface area contributed by atoms with Gasteiger partial charge in [0.2, 0.25) is 5.91 Å². The number of aliphatic hydroxyl groups is 1. The molecule has 0 saturated carbocycles. The molecule has 0 aliphatic carbocycles. The molecule has 4 aromatic carbocycles. The molecule has 1 amide bonds. The van der Waals surface area contributed by atoms with Crippen LogP contribution in [0.3, 0.4) is 0 Å². The van der Waals surface area contributed by atoms with Crippen LogP contribution in [0.25, 0.3) is 11.1 Å². The van der Waals surface area contributed by atoms with Crippen LogP contribution < -0.4 is 5.32 Å². The van der Waals surface area contributed by atoms with Crippen molar-refractivity contribution in [1.29, 1.82) is 0 Å². The van der Waals surface area contributed by atoms with E-state index in [4.69, 9.17) is 9.47 Å². The van der Waals surface area contributed by atoms with Gasteiger partial charge in [-0.3, -0.25) is 14.6 Å². The van der Waals surface area contributed by atoms with Crippen molar-refractivity contribution < 1.29 is 19.4 Å². The van der Waals surface area contributed by atoms with E-state index in [0.29, 0.717) is 6.54 Å². The van der Waals surface area contributed by atoms with Gasteiger partial charge >= 0.3 is 0 Å². The second-order valence-corrected chi connectivity index (χ2v) is 12.6. The lowest BCUT2D eigenvalue weighted by Gasteiger charge is -2.44. The Morgan fingerprint density at radius 2 is 1.43 bits per heavy atom. The van der Waals surface area contributed by atoms with Crippen LogP contribution in [0.5, 0.6) is 0 Å². The molecule has 2 aliphatic heterocycles. The summed E-state index contributed by atoms with van der Waals surface area (Å²) in [5.41, 5.74) is 7.56. The molecule has 0 spiro atoms. The van der Waals surface area contributed by atoms with Gasteiger partial charge in [-0.25, -0.2) is 0 Å². The fourth-order valence-corrected chi connectivity index (χ4v) is 6.55. The fourth-order valence-electron chi connectivity index (χ4n) is 6.55. The smallest absolute Gasteiger partial charge is 0.217 e. The Bertz CT molecular complexity index is 1550. The number of benzene rings is 4. The minimum atomic E-state index is -0.508. The zero-order chi connectivity index (χ0) is 31.9. The monoisotopic (exact) mass is 619 g/mol. The molecule has 0 aromatic heterocycles. The molecule has 46 heavy (non-hydrogen) atoms. The quantitative estimate of drug-likeness (QED) is 0.224. The molecule has 7 nitrogen and oxygen atoms in total. The standard InChI is InChI=1S/C39H45N3O4/c1-28-37(26-42-22-20-41(21-23-42)25-30-8-4-3-5-9-30)45-39(46-38(28)33-14-12-31(27-43)13-15-33)34-18-16-32(17-19-34)36-11-7-6-10-35(36)24-40-29(2)44/h3-19,28,37-39,43H,20-27H2,1-2H3,(H,40,44)/t28-,37+,38+,39+/m0/s1. The van der Waals surface area contributed by atoms with Crippen molar-refractivity contribution in [1.82, 2.24) is 15.1 Å². The fraction of sp³-hybridized carbons (Fsp3) is 0.359. The summed E-state index contributed by atoms with van der Waals surface area (Å²) >= 11 is 0. The minimum absolute atomic E-state index is 0.0139. The molecule has 0 unspecified atom stereocenters. The molecule has 2 fully saturated rings. The topological polar surface area (TPSA) is 74.3 Å². The van der Waals surface area contributed by atoms with E-state index >= 15 is 0 Å². The van der Waals surface area contributed by atoms with Gasteiger partial charge in [0.15, 0.2) is 6.29 Å². The van der Waals surface area contributed by atoms with Gasteiger partial charge in [-0.05, 0) is 33.4 Å². The number of ether oxygens (including phenoxy) is 2. The van der Waals surface area contributed by atoms with Gasteiger partial charge in [0.1, 0.15) is 0 Å². The number of rotatable bonds is 10. The maximum Gasteiger partial charge on any atom is 0.217 e. The molecule has 2 N–H and O–H groups in total. The van der Waals surface area contributed by atoms with Crippen molar-refractivity contribution in [3.8, 4) is 11.1 Å². The van der Waals surface area contributed by atoms with Crippen LogP contribution >= 0.6 is 0 Å². The highest BCUT2D eigenvalue weighted by Gasteiger charge is 2.39. The van der Waals surface area contributed by atoms with Gasteiger partial charge in [-0.1, -0.05) is 110 Å². The number of piperazine rings is 1. The van der Waals surface area contributed by atoms with E-state index in [1.807, 2.05) is 30.3 Å². The van der Waals surface area contributed by atoms with Crippen LogP contribution in [0, 0.1) is 5.92 Å². The van der Waals surface area contributed by atoms with Gasteiger partial charge in [-0.2, -0.15) is 0 Å². The summed E-state index contributed by atoms with van der Waals surface area (Å²) in [7, 11) is 0. The van der Waals surface area contributed by atoms with E-state index in [0.717, 1.165) is 72.6 Å². The highest BCUT2D eigenvalue weighted by molar-refractivity contribution is 5.74. The van der Waals surface area contributed by atoms with Crippen LogP contribution in [0.1, 0.15) is 54.1 Å². The van der Waals surface area contributed by atoms with Crippen molar-refractivity contribution in [2.45, 2.75) is 52.0 Å². The van der Waals surface area contributed by atoms with Gasteiger partial charge in [0.05, 0.1) is 18.8 Å². The SMILES string of the molecule is CC(=O)NCc1ccccc1-c1ccc([C@@H]2O[C@H](CN3CCN(Cc4ccccc4)CC3)[C@H](C)[C@H](c3ccc(CO)cc3)O2)cc1. The average Bonchev–Trinajstić information content (AvgIpc) is 3.10. The molecule has 7 heteroatoms. The number of carbonyl (C=O) groups excluding carboxylic acids is 1. The third kappa shape index (κ3) is 7.92. The summed E-state index contributed by atoms with van der Waals surface area (Å²) in [4.78, 5) is 16.6. The largest absolute Gasteiger partial charge is 0.392 e. The van der Waals surface area contributed by atoms with Crippen molar-refractivity contribution in [3.63, 3.8) is 0 Å². The number of aliphatic hydroxyl groups excluding tert-OH is 1. The molecule has 240 valence electrons. The Morgan fingerprint density at radius 1 is 0.783 bits per heavy atom. The molecule has 0 radical (unpaired) electrons. The normalized spacial score (nSPS) is 22.4. The van der Waals surface area contributed by atoms with Crippen molar-refractivity contribution >= 4 is 5.91 Å². The first-order valence-corrected chi connectivity index (χ1v) is 16.4. The van der Waals surface area contributed by atoms with Crippen molar-refractivity contribution in [2.24, 2.45) is 5.92 Å². The van der Waals surface area contributed by atoms with Crippen LogP contribution in [0.4, 0.5) is 0 Å². The highest BCUT2D eigenvalue weighted by Crippen LogP contribution is 2.42. The van der Waals surface area contributed by atoms with Crippen molar-refractivity contribution in [3.05, 3.63) is 131 Å². The Labute approximate surface area is 272 Å². The molecule has 0 bridgehead atoms.